The summed E-state index contributed by atoms with van der Waals surface area (Å²) in [4.78, 5) is 0. The van der Waals surface area contributed by atoms with Crippen LogP contribution in [-0.4, -0.2) is 10.6 Å². The topological polar surface area (TPSA) is 17.0 Å². The van der Waals surface area contributed by atoms with Crippen molar-refractivity contribution < 1.29 is 8.78 Å². The molecule has 0 atom stereocenters. The summed E-state index contributed by atoms with van der Waals surface area (Å²) in [5, 5.41) is 3.43. The van der Waals surface area contributed by atoms with E-state index in [-0.39, 0.29) is 0 Å². The molecule has 2 aromatic rings. The lowest BCUT2D eigenvalue weighted by atomic mass is 10.2. The van der Waals surface area contributed by atoms with E-state index in [4.69, 9.17) is 0 Å². The molecular weight excluding hydrogens is 246 g/mol. The Bertz CT molecular complexity index is 573. The van der Waals surface area contributed by atoms with E-state index in [0.717, 1.165) is 18.3 Å². The summed E-state index contributed by atoms with van der Waals surface area (Å²) in [6.45, 7) is 1.22. The maximum atomic E-state index is 13.6. The molecule has 0 aliphatic heterocycles. The van der Waals surface area contributed by atoms with Crippen molar-refractivity contribution in [2.75, 3.05) is 0 Å². The summed E-state index contributed by atoms with van der Waals surface area (Å²) in [6, 6.07) is 8.35. The van der Waals surface area contributed by atoms with Crippen LogP contribution in [0.5, 0.6) is 0 Å². The summed E-state index contributed by atoms with van der Waals surface area (Å²) in [5.41, 5.74) is 1.63. The molecule has 19 heavy (non-hydrogen) atoms. The molecule has 0 bridgehead atoms. The Labute approximate surface area is 111 Å². The Morgan fingerprint density at radius 1 is 1.21 bits per heavy atom. The SMILES string of the molecule is Fc1ccc(Cn2cccc2CNC2CC2)c(F)c1. The summed E-state index contributed by atoms with van der Waals surface area (Å²) >= 11 is 0. The van der Waals surface area contributed by atoms with E-state index in [1.165, 1.54) is 25.0 Å². The molecule has 1 fully saturated rings. The lowest BCUT2D eigenvalue weighted by molar-refractivity contribution is 0.561. The van der Waals surface area contributed by atoms with Gasteiger partial charge < -0.3 is 9.88 Å². The highest BCUT2D eigenvalue weighted by Crippen LogP contribution is 2.20. The number of hydrogen-bond acceptors (Lipinski definition) is 1. The van der Waals surface area contributed by atoms with Gasteiger partial charge >= 0.3 is 0 Å². The number of benzene rings is 1. The zero-order valence-electron chi connectivity index (χ0n) is 10.6. The van der Waals surface area contributed by atoms with Crippen molar-refractivity contribution in [1.29, 1.82) is 0 Å². The van der Waals surface area contributed by atoms with Crippen LogP contribution in [0, 0.1) is 11.6 Å². The highest BCUT2D eigenvalue weighted by atomic mass is 19.1. The largest absolute Gasteiger partial charge is 0.346 e. The lowest BCUT2D eigenvalue weighted by Crippen LogP contribution is -2.18. The van der Waals surface area contributed by atoms with Crippen LogP contribution >= 0.6 is 0 Å². The molecule has 0 amide bonds. The van der Waals surface area contributed by atoms with Crippen molar-refractivity contribution in [1.82, 2.24) is 9.88 Å². The third kappa shape index (κ3) is 3.01. The first kappa shape index (κ1) is 12.4. The number of aromatic nitrogens is 1. The minimum atomic E-state index is -0.538. The monoisotopic (exact) mass is 262 g/mol. The van der Waals surface area contributed by atoms with Crippen molar-refractivity contribution in [2.24, 2.45) is 0 Å². The summed E-state index contributed by atoms with van der Waals surface area (Å²) in [5.74, 6) is -1.03. The smallest absolute Gasteiger partial charge is 0.131 e. The third-order valence-electron chi connectivity index (χ3n) is 3.43. The van der Waals surface area contributed by atoms with Crippen LogP contribution in [0.1, 0.15) is 24.1 Å². The van der Waals surface area contributed by atoms with Crippen LogP contribution < -0.4 is 5.32 Å². The van der Waals surface area contributed by atoms with E-state index in [1.54, 1.807) is 0 Å². The molecule has 1 aromatic heterocycles. The predicted molar refractivity (Wildman–Crippen MR) is 69.8 cm³/mol. The molecule has 1 saturated carbocycles. The fourth-order valence-electron chi connectivity index (χ4n) is 2.13. The quantitative estimate of drug-likeness (QED) is 0.876. The number of nitrogens with zero attached hydrogens (tertiary/aromatic N) is 1. The van der Waals surface area contributed by atoms with Crippen LogP contribution in [0.25, 0.3) is 0 Å². The van der Waals surface area contributed by atoms with E-state index in [2.05, 4.69) is 5.32 Å². The van der Waals surface area contributed by atoms with E-state index in [1.807, 2.05) is 22.9 Å². The van der Waals surface area contributed by atoms with Crippen LogP contribution in [-0.2, 0) is 13.1 Å². The van der Waals surface area contributed by atoms with Gasteiger partial charge in [-0.3, -0.25) is 0 Å². The molecule has 100 valence electrons. The van der Waals surface area contributed by atoms with Gasteiger partial charge in [0.25, 0.3) is 0 Å². The summed E-state index contributed by atoms with van der Waals surface area (Å²) in [7, 11) is 0. The molecule has 1 aromatic carbocycles. The fourth-order valence-corrected chi connectivity index (χ4v) is 2.13. The van der Waals surface area contributed by atoms with Gasteiger partial charge in [0.15, 0.2) is 0 Å². The Balaban J connectivity index is 1.73. The number of halogens is 2. The van der Waals surface area contributed by atoms with Crippen molar-refractivity contribution in [3.63, 3.8) is 0 Å². The third-order valence-corrected chi connectivity index (χ3v) is 3.43. The van der Waals surface area contributed by atoms with Crippen LogP contribution in [0.4, 0.5) is 8.78 Å². The Morgan fingerprint density at radius 3 is 2.79 bits per heavy atom. The first-order valence-electron chi connectivity index (χ1n) is 6.54. The van der Waals surface area contributed by atoms with Gasteiger partial charge in [-0.1, -0.05) is 6.07 Å². The molecule has 3 rings (SSSR count). The molecular formula is C15H16F2N2. The maximum Gasteiger partial charge on any atom is 0.131 e. The zero-order valence-corrected chi connectivity index (χ0v) is 10.6. The number of hydrogen-bond donors (Lipinski definition) is 1. The Kier molecular flexibility index (Phi) is 3.34. The molecule has 2 nitrogen and oxygen atoms in total. The molecule has 4 heteroatoms. The average molecular weight is 262 g/mol. The molecule has 0 radical (unpaired) electrons. The zero-order chi connectivity index (χ0) is 13.2. The lowest BCUT2D eigenvalue weighted by Gasteiger charge is -2.11. The Hall–Kier alpha value is -1.68. The highest BCUT2D eigenvalue weighted by molar-refractivity contribution is 5.20. The molecule has 0 saturated heterocycles. The average Bonchev–Trinajstić information content (AvgIpc) is 3.11. The van der Waals surface area contributed by atoms with Gasteiger partial charge in [-0.15, -0.1) is 0 Å². The van der Waals surface area contributed by atoms with Crippen molar-refractivity contribution in [3.8, 4) is 0 Å². The molecule has 0 spiro atoms. The van der Waals surface area contributed by atoms with Gasteiger partial charge in [0, 0.05) is 36.1 Å². The van der Waals surface area contributed by atoms with E-state index in [0.29, 0.717) is 18.2 Å². The van der Waals surface area contributed by atoms with Gasteiger partial charge in [-0.05, 0) is 31.0 Å². The number of nitrogens with one attached hydrogen (secondary N) is 1. The van der Waals surface area contributed by atoms with Crippen molar-refractivity contribution in [3.05, 3.63) is 59.4 Å². The van der Waals surface area contributed by atoms with Gasteiger partial charge in [0.2, 0.25) is 0 Å². The minimum Gasteiger partial charge on any atom is -0.346 e. The van der Waals surface area contributed by atoms with Gasteiger partial charge in [-0.2, -0.15) is 0 Å². The second-order valence-corrected chi connectivity index (χ2v) is 5.02. The minimum absolute atomic E-state index is 0.431. The number of rotatable bonds is 5. The molecule has 1 N–H and O–H groups in total. The van der Waals surface area contributed by atoms with E-state index >= 15 is 0 Å². The van der Waals surface area contributed by atoms with E-state index in [9.17, 15) is 8.78 Å². The second kappa shape index (κ2) is 5.13. The van der Waals surface area contributed by atoms with Crippen LogP contribution in [0.15, 0.2) is 36.5 Å². The van der Waals surface area contributed by atoms with Gasteiger partial charge in [0.1, 0.15) is 11.6 Å². The normalized spacial score (nSPS) is 14.8. The molecule has 1 heterocycles. The maximum absolute atomic E-state index is 13.6. The standard InChI is InChI=1S/C15H16F2N2/c16-12-4-3-11(15(17)8-12)10-19-7-1-2-14(19)9-18-13-5-6-13/h1-4,7-8,13,18H,5-6,9-10H2. The first-order valence-corrected chi connectivity index (χ1v) is 6.54. The van der Waals surface area contributed by atoms with Gasteiger partial charge in [0.05, 0.1) is 6.54 Å². The molecule has 1 aliphatic carbocycles. The second-order valence-electron chi connectivity index (χ2n) is 5.02. The Morgan fingerprint density at radius 2 is 2.05 bits per heavy atom. The fraction of sp³-hybridized carbons (Fsp3) is 0.333. The van der Waals surface area contributed by atoms with E-state index < -0.39 is 11.6 Å². The molecule has 1 aliphatic rings. The van der Waals surface area contributed by atoms with Crippen molar-refractivity contribution in [2.45, 2.75) is 32.0 Å². The molecule has 0 unspecified atom stereocenters. The van der Waals surface area contributed by atoms with Crippen LogP contribution in [0.2, 0.25) is 0 Å². The van der Waals surface area contributed by atoms with Gasteiger partial charge in [-0.25, -0.2) is 8.78 Å². The van der Waals surface area contributed by atoms with Crippen molar-refractivity contribution >= 4 is 0 Å². The van der Waals surface area contributed by atoms with Crippen LogP contribution in [0.3, 0.4) is 0 Å². The summed E-state index contributed by atoms with van der Waals surface area (Å²) in [6.07, 6.45) is 4.41. The highest BCUT2D eigenvalue weighted by Gasteiger charge is 2.20. The predicted octanol–water partition coefficient (Wildman–Crippen LogP) is 3.07. The first-order chi connectivity index (χ1) is 9.22. The summed E-state index contributed by atoms with van der Waals surface area (Å²) < 4.78 is 28.5.